The van der Waals surface area contributed by atoms with Crippen LogP contribution < -0.4 is 4.74 Å². The van der Waals surface area contributed by atoms with Crippen molar-refractivity contribution in [1.82, 2.24) is 0 Å². The van der Waals surface area contributed by atoms with Crippen LogP contribution in [0, 0.1) is 0 Å². The summed E-state index contributed by atoms with van der Waals surface area (Å²) in [6.45, 7) is 0.392. The van der Waals surface area contributed by atoms with Crippen molar-refractivity contribution in [2.24, 2.45) is 4.99 Å². The Balaban J connectivity index is 2.95. The van der Waals surface area contributed by atoms with Gasteiger partial charge < -0.3 is 4.74 Å². The SMILES string of the molecule is COc1cc(S(=O)/C=C/CCN=C=S)cc(C(F)(F)F)c1. The molecule has 21 heavy (non-hydrogen) atoms. The summed E-state index contributed by atoms with van der Waals surface area (Å²) in [6, 6.07) is 3.02. The Bertz CT molecular complexity index is 594. The maximum absolute atomic E-state index is 12.7. The number of ether oxygens (including phenoxy) is 1. The zero-order chi connectivity index (χ0) is 15.9. The molecule has 3 nitrogen and oxygen atoms in total. The van der Waals surface area contributed by atoms with E-state index in [1.165, 1.54) is 18.6 Å². The predicted molar refractivity (Wildman–Crippen MR) is 78.1 cm³/mol. The fraction of sp³-hybridized carbons (Fsp3) is 0.308. The van der Waals surface area contributed by atoms with Gasteiger partial charge >= 0.3 is 6.18 Å². The summed E-state index contributed by atoms with van der Waals surface area (Å²) in [5.41, 5.74) is -0.899. The molecule has 0 saturated carbocycles. The first kappa shape index (κ1) is 17.6. The highest BCUT2D eigenvalue weighted by Crippen LogP contribution is 2.33. The molecular weight excluding hydrogens is 323 g/mol. The van der Waals surface area contributed by atoms with E-state index in [9.17, 15) is 17.4 Å². The molecule has 0 aliphatic rings. The lowest BCUT2D eigenvalue weighted by atomic mass is 10.2. The fourth-order valence-corrected chi connectivity index (χ4v) is 2.42. The zero-order valence-corrected chi connectivity index (χ0v) is 12.6. The number of thiocarbonyl (C=S) groups is 1. The lowest BCUT2D eigenvalue weighted by Crippen LogP contribution is -2.06. The molecule has 0 radical (unpaired) electrons. The summed E-state index contributed by atoms with van der Waals surface area (Å²) in [5, 5.41) is 3.50. The van der Waals surface area contributed by atoms with E-state index in [0.29, 0.717) is 13.0 Å². The van der Waals surface area contributed by atoms with Crippen LogP contribution in [0.15, 0.2) is 39.6 Å². The molecule has 0 heterocycles. The van der Waals surface area contributed by atoms with Crippen LogP contribution in [0.2, 0.25) is 0 Å². The van der Waals surface area contributed by atoms with Crippen molar-refractivity contribution in [1.29, 1.82) is 0 Å². The average molecular weight is 335 g/mol. The Hall–Kier alpha value is -1.50. The van der Waals surface area contributed by atoms with Gasteiger partial charge in [-0.05, 0) is 36.8 Å². The van der Waals surface area contributed by atoms with Gasteiger partial charge in [-0.3, -0.25) is 0 Å². The molecule has 0 fully saturated rings. The summed E-state index contributed by atoms with van der Waals surface area (Å²) in [6.07, 6.45) is -2.48. The normalized spacial score (nSPS) is 13.0. The van der Waals surface area contributed by atoms with Gasteiger partial charge in [0.25, 0.3) is 0 Å². The summed E-state index contributed by atoms with van der Waals surface area (Å²) in [7, 11) is -0.443. The highest BCUT2D eigenvalue weighted by atomic mass is 32.2. The molecule has 8 heteroatoms. The Morgan fingerprint density at radius 2 is 2.14 bits per heavy atom. The fourth-order valence-electron chi connectivity index (χ4n) is 1.39. The second-order valence-electron chi connectivity index (χ2n) is 3.83. The van der Waals surface area contributed by atoms with E-state index < -0.39 is 22.5 Å². The Labute approximate surface area is 128 Å². The van der Waals surface area contributed by atoms with Crippen LogP contribution in [0.25, 0.3) is 0 Å². The van der Waals surface area contributed by atoms with E-state index in [0.717, 1.165) is 12.1 Å². The first-order valence-corrected chi connectivity index (χ1v) is 7.37. The largest absolute Gasteiger partial charge is 0.497 e. The summed E-state index contributed by atoms with van der Waals surface area (Å²) < 4.78 is 55.0. The number of hydrogen-bond donors (Lipinski definition) is 0. The highest BCUT2D eigenvalue weighted by molar-refractivity contribution is 7.88. The van der Waals surface area contributed by atoms with Crippen molar-refractivity contribution in [3.63, 3.8) is 0 Å². The topological polar surface area (TPSA) is 38.7 Å². The van der Waals surface area contributed by atoms with E-state index in [-0.39, 0.29) is 10.6 Å². The van der Waals surface area contributed by atoms with Gasteiger partial charge in [-0.15, -0.1) is 0 Å². The Morgan fingerprint density at radius 1 is 1.43 bits per heavy atom. The lowest BCUT2D eigenvalue weighted by Gasteiger charge is -2.10. The molecule has 1 unspecified atom stereocenters. The zero-order valence-electron chi connectivity index (χ0n) is 11.0. The number of hydrogen-bond acceptors (Lipinski definition) is 4. The van der Waals surface area contributed by atoms with Gasteiger partial charge in [-0.25, -0.2) is 9.20 Å². The first-order valence-electron chi connectivity index (χ1n) is 5.75. The molecular formula is C13H12F3NO2S2. The number of aliphatic imine (C=N–C) groups is 1. The van der Waals surface area contributed by atoms with Crippen LogP contribution in [0.5, 0.6) is 5.75 Å². The molecule has 0 aliphatic carbocycles. The summed E-state index contributed by atoms with van der Waals surface area (Å²) in [4.78, 5) is 3.69. The van der Waals surface area contributed by atoms with E-state index in [2.05, 4.69) is 22.4 Å². The minimum atomic E-state index is -4.52. The number of rotatable bonds is 6. The maximum Gasteiger partial charge on any atom is 0.416 e. The lowest BCUT2D eigenvalue weighted by molar-refractivity contribution is -0.137. The van der Waals surface area contributed by atoms with Gasteiger partial charge in [-0.2, -0.15) is 13.2 Å². The van der Waals surface area contributed by atoms with Crippen LogP contribution >= 0.6 is 12.2 Å². The minimum absolute atomic E-state index is 0.00637. The van der Waals surface area contributed by atoms with Gasteiger partial charge in [0.05, 0.1) is 35.2 Å². The minimum Gasteiger partial charge on any atom is -0.497 e. The molecule has 114 valence electrons. The van der Waals surface area contributed by atoms with Crippen molar-refractivity contribution in [2.45, 2.75) is 17.5 Å². The molecule has 0 spiro atoms. The van der Waals surface area contributed by atoms with E-state index in [1.807, 2.05) is 0 Å². The number of halogens is 3. The molecule has 0 bridgehead atoms. The molecule has 1 atom stereocenters. The van der Waals surface area contributed by atoms with E-state index in [4.69, 9.17) is 4.74 Å². The molecule has 1 rings (SSSR count). The monoisotopic (exact) mass is 335 g/mol. The number of nitrogens with zero attached hydrogens (tertiary/aromatic N) is 1. The van der Waals surface area contributed by atoms with Crippen molar-refractivity contribution in [3.05, 3.63) is 35.2 Å². The Kier molecular flexibility index (Phi) is 6.74. The van der Waals surface area contributed by atoms with E-state index in [1.54, 1.807) is 6.08 Å². The third kappa shape index (κ3) is 5.79. The third-order valence-corrected chi connectivity index (χ3v) is 3.64. The molecule has 0 aliphatic heterocycles. The van der Waals surface area contributed by atoms with Crippen molar-refractivity contribution in [2.75, 3.05) is 13.7 Å². The number of alkyl halides is 3. The van der Waals surface area contributed by atoms with Gasteiger partial charge in [0.2, 0.25) is 0 Å². The van der Waals surface area contributed by atoms with Gasteiger partial charge in [0.1, 0.15) is 5.75 Å². The van der Waals surface area contributed by atoms with Crippen LogP contribution in [0.1, 0.15) is 12.0 Å². The van der Waals surface area contributed by atoms with Gasteiger partial charge in [0, 0.05) is 10.3 Å². The number of isothiocyanates is 1. The van der Waals surface area contributed by atoms with Gasteiger partial charge in [-0.1, -0.05) is 6.08 Å². The van der Waals surface area contributed by atoms with Crippen molar-refractivity contribution < 1.29 is 22.1 Å². The average Bonchev–Trinajstić information content (AvgIpc) is 2.45. The molecule has 1 aromatic rings. The first-order chi connectivity index (χ1) is 9.88. The molecule has 0 amide bonds. The number of methoxy groups -OCH3 is 1. The van der Waals surface area contributed by atoms with Crippen LogP contribution in [-0.2, 0) is 17.0 Å². The molecule has 1 aromatic carbocycles. The van der Waals surface area contributed by atoms with Crippen molar-refractivity contribution in [3.8, 4) is 5.75 Å². The standard InChI is InChI=1S/C13H12F3NO2S2/c1-19-11-6-10(13(14,15)16)7-12(8-11)21(18)5-3-2-4-17-9-20/h3,5-8H,2,4H2,1H3/b5-3+. The molecule has 0 saturated heterocycles. The van der Waals surface area contributed by atoms with Gasteiger partial charge in [0.15, 0.2) is 0 Å². The predicted octanol–water partition coefficient (Wildman–Crippen LogP) is 3.83. The third-order valence-electron chi connectivity index (χ3n) is 2.37. The second-order valence-corrected chi connectivity index (χ2v) is 5.35. The molecule has 0 N–H and O–H groups in total. The van der Waals surface area contributed by atoms with Crippen molar-refractivity contribution >= 4 is 28.2 Å². The van der Waals surface area contributed by atoms with Crippen LogP contribution in [-0.4, -0.2) is 23.0 Å². The molecule has 0 aromatic heterocycles. The Morgan fingerprint density at radius 3 is 2.71 bits per heavy atom. The smallest absolute Gasteiger partial charge is 0.416 e. The number of benzene rings is 1. The summed E-state index contributed by atoms with van der Waals surface area (Å²) >= 11 is 4.39. The van der Waals surface area contributed by atoms with Crippen LogP contribution in [0.3, 0.4) is 0 Å². The van der Waals surface area contributed by atoms with E-state index >= 15 is 0 Å². The summed E-state index contributed by atoms with van der Waals surface area (Å²) in [5.74, 6) is 0.00637. The highest BCUT2D eigenvalue weighted by Gasteiger charge is 2.31. The quantitative estimate of drug-likeness (QED) is 0.450. The second kappa shape index (κ2) is 8.07. The van der Waals surface area contributed by atoms with Crippen LogP contribution in [0.4, 0.5) is 13.2 Å². The maximum atomic E-state index is 12.7.